The van der Waals surface area contributed by atoms with Gasteiger partial charge in [0.05, 0.1) is 17.2 Å². The summed E-state index contributed by atoms with van der Waals surface area (Å²) in [7, 11) is 0. The average Bonchev–Trinajstić information content (AvgIpc) is 3.12. The Morgan fingerprint density at radius 3 is 2.75 bits per heavy atom. The van der Waals surface area contributed by atoms with Crippen LogP contribution in [0.15, 0.2) is 65.8 Å². The van der Waals surface area contributed by atoms with Gasteiger partial charge in [0.15, 0.2) is 0 Å². The van der Waals surface area contributed by atoms with Crippen LogP contribution in [-0.4, -0.2) is 26.6 Å². The number of halogens is 1. The van der Waals surface area contributed by atoms with Gasteiger partial charge in [-0.25, -0.2) is 4.98 Å². The van der Waals surface area contributed by atoms with Gasteiger partial charge in [0.25, 0.3) is 5.56 Å². The number of hydrogen-bond acceptors (Lipinski definition) is 3. The summed E-state index contributed by atoms with van der Waals surface area (Å²) in [4.78, 5) is 28.9. The summed E-state index contributed by atoms with van der Waals surface area (Å²) in [5, 5.41) is 5.17. The normalized spacial score (nSPS) is 11.2. The summed E-state index contributed by atoms with van der Waals surface area (Å²) < 4.78 is 3.53. The molecule has 0 fully saturated rings. The smallest absolute Gasteiger partial charge is 0.261 e. The molecular weight excluding hydrogens is 376 g/mol. The van der Waals surface area contributed by atoms with Gasteiger partial charge in [-0.3, -0.25) is 14.2 Å². The molecule has 2 aromatic heterocycles. The lowest BCUT2D eigenvalue weighted by atomic mass is 10.2. The van der Waals surface area contributed by atoms with Gasteiger partial charge in [-0.2, -0.15) is 0 Å². The minimum Gasteiger partial charge on any atom is -0.354 e. The van der Waals surface area contributed by atoms with Crippen LogP contribution in [0.2, 0.25) is 5.02 Å². The third-order valence-corrected chi connectivity index (χ3v) is 5.08. The van der Waals surface area contributed by atoms with Gasteiger partial charge >= 0.3 is 0 Å². The standard InChI is InChI=1S/C21H19ClN4O2/c22-17-5-3-7-19-15(17)8-11-25(19)13-10-23-20(27)9-12-26-14-24-18-6-2-1-4-16(18)21(26)28/h1-8,11,14H,9-10,12-13H2,(H,23,27). The van der Waals surface area contributed by atoms with Gasteiger partial charge in [-0.05, 0) is 30.3 Å². The van der Waals surface area contributed by atoms with E-state index in [-0.39, 0.29) is 17.9 Å². The van der Waals surface area contributed by atoms with E-state index in [1.165, 1.54) is 10.9 Å². The number of benzene rings is 2. The molecular formula is C21H19ClN4O2. The molecule has 1 amide bonds. The summed E-state index contributed by atoms with van der Waals surface area (Å²) >= 11 is 6.19. The third kappa shape index (κ3) is 3.64. The zero-order chi connectivity index (χ0) is 19.5. The van der Waals surface area contributed by atoms with Crippen LogP contribution in [0.25, 0.3) is 21.8 Å². The van der Waals surface area contributed by atoms with Crippen LogP contribution in [-0.2, 0) is 17.9 Å². The predicted octanol–water partition coefficient (Wildman–Crippen LogP) is 3.21. The highest BCUT2D eigenvalue weighted by molar-refractivity contribution is 6.35. The first-order chi connectivity index (χ1) is 13.6. The Labute approximate surface area is 166 Å². The predicted molar refractivity (Wildman–Crippen MR) is 111 cm³/mol. The van der Waals surface area contributed by atoms with Crippen LogP contribution in [0.3, 0.4) is 0 Å². The van der Waals surface area contributed by atoms with E-state index < -0.39 is 0 Å². The number of para-hydroxylation sites is 1. The van der Waals surface area contributed by atoms with E-state index in [4.69, 9.17) is 11.6 Å². The van der Waals surface area contributed by atoms with E-state index in [1.807, 2.05) is 36.5 Å². The van der Waals surface area contributed by atoms with Crippen molar-refractivity contribution in [2.45, 2.75) is 19.5 Å². The number of rotatable bonds is 6. The lowest BCUT2D eigenvalue weighted by Gasteiger charge is -2.09. The average molecular weight is 395 g/mol. The molecule has 0 aliphatic carbocycles. The van der Waals surface area contributed by atoms with Crippen molar-refractivity contribution >= 4 is 39.3 Å². The van der Waals surface area contributed by atoms with Gasteiger partial charge in [0, 0.05) is 48.2 Å². The minimum atomic E-state index is -0.130. The summed E-state index contributed by atoms with van der Waals surface area (Å²) in [6, 6.07) is 14.9. The SMILES string of the molecule is O=C(CCn1cnc2ccccc2c1=O)NCCn1ccc2c(Cl)cccc21. The van der Waals surface area contributed by atoms with Crippen LogP contribution in [0.1, 0.15) is 6.42 Å². The molecule has 6 nitrogen and oxygen atoms in total. The molecule has 0 saturated heterocycles. The largest absolute Gasteiger partial charge is 0.354 e. The second kappa shape index (κ2) is 7.86. The first-order valence-corrected chi connectivity index (χ1v) is 9.45. The van der Waals surface area contributed by atoms with E-state index in [0.29, 0.717) is 30.5 Å². The van der Waals surface area contributed by atoms with Crippen molar-refractivity contribution in [2.24, 2.45) is 0 Å². The summed E-state index contributed by atoms with van der Waals surface area (Å²) in [5.41, 5.74) is 1.57. The zero-order valence-electron chi connectivity index (χ0n) is 15.1. The van der Waals surface area contributed by atoms with Crippen molar-refractivity contribution in [3.05, 3.63) is 76.4 Å². The monoisotopic (exact) mass is 394 g/mol. The van der Waals surface area contributed by atoms with Crippen LogP contribution in [0.5, 0.6) is 0 Å². The fourth-order valence-corrected chi connectivity index (χ4v) is 3.50. The number of carbonyl (C=O) groups is 1. The number of aryl methyl sites for hydroxylation is 1. The second-order valence-corrected chi connectivity index (χ2v) is 6.95. The Morgan fingerprint density at radius 1 is 1.00 bits per heavy atom. The number of carbonyl (C=O) groups excluding carboxylic acids is 1. The number of nitrogens with one attached hydrogen (secondary N) is 1. The molecule has 142 valence electrons. The fraction of sp³-hybridized carbons (Fsp3) is 0.190. The van der Waals surface area contributed by atoms with Crippen molar-refractivity contribution in [2.75, 3.05) is 6.54 Å². The zero-order valence-corrected chi connectivity index (χ0v) is 15.9. The maximum absolute atomic E-state index is 12.4. The first kappa shape index (κ1) is 18.3. The molecule has 0 bridgehead atoms. The minimum absolute atomic E-state index is 0.102. The van der Waals surface area contributed by atoms with Gasteiger partial charge in [-0.15, -0.1) is 0 Å². The molecule has 2 aromatic carbocycles. The molecule has 0 atom stereocenters. The maximum Gasteiger partial charge on any atom is 0.261 e. The van der Waals surface area contributed by atoms with Crippen LogP contribution in [0, 0.1) is 0 Å². The highest BCUT2D eigenvalue weighted by atomic mass is 35.5. The van der Waals surface area contributed by atoms with Crippen LogP contribution < -0.4 is 10.9 Å². The Bertz CT molecular complexity index is 1210. The molecule has 2 heterocycles. The highest BCUT2D eigenvalue weighted by Crippen LogP contribution is 2.23. The number of amides is 1. The topological polar surface area (TPSA) is 68.9 Å². The van der Waals surface area contributed by atoms with E-state index in [9.17, 15) is 9.59 Å². The molecule has 0 aliphatic rings. The lowest BCUT2D eigenvalue weighted by molar-refractivity contribution is -0.121. The van der Waals surface area contributed by atoms with E-state index >= 15 is 0 Å². The number of nitrogens with zero attached hydrogens (tertiary/aromatic N) is 3. The number of fused-ring (bicyclic) bond motifs is 2. The van der Waals surface area contributed by atoms with Crippen LogP contribution >= 0.6 is 11.6 Å². The summed E-state index contributed by atoms with van der Waals surface area (Å²) in [6.45, 7) is 1.44. The quantitative estimate of drug-likeness (QED) is 0.546. The molecule has 0 radical (unpaired) electrons. The Hall–Kier alpha value is -3.12. The van der Waals surface area contributed by atoms with Crippen molar-refractivity contribution in [1.29, 1.82) is 0 Å². The molecule has 0 saturated carbocycles. The van der Waals surface area contributed by atoms with Crippen molar-refractivity contribution in [3.63, 3.8) is 0 Å². The molecule has 4 aromatic rings. The van der Waals surface area contributed by atoms with Gasteiger partial charge in [0.2, 0.25) is 5.91 Å². The summed E-state index contributed by atoms with van der Waals surface area (Å²) in [5.74, 6) is -0.102. The van der Waals surface area contributed by atoms with Crippen LogP contribution in [0.4, 0.5) is 0 Å². The molecule has 0 aliphatic heterocycles. The van der Waals surface area contributed by atoms with Gasteiger partial charge in [0.1, 0.15) is 0 Å². The number of aromatic nitrogens is 3. The Kier molecular flexibility index (Phi) is 5.12. The number of hydrogen-bond donors (Lipinski definition) is 1. The molecule has 0 spiro atoms. The van der Waals surface area contributed by atoms with Crippen molar-refractivity contribution < 1.29 is 4.79 Å². The Morgan fingerprint density at radius 2 is 1.86 bits per heavy atom. The second-order valence-electron chi connectivity index (χ2n) is 6.54. The van der Waals surface area contributed by atoms with Gasteiger partial charge < -0.3 is 9.88 Å². The Balaban J connectivity index is 1.33. The summed E-state index contributed by atoms with van der Waals surface area (Å²) in [6.07, 6.45) is 3.68. The highest BCUT2D eigenvalue weighted by Gasteiger charge is 2.07. The molecule has 1 N–H and O–H groups in total. The molecule has 0 unspecified atom stereocenters. The van der Waals surface area contributed by atoms with Gasteiger partial charge in [-0.1, -0.05) is 29.8 Å². The molecule has 7 heteroatoms. The lowest BCUT2D eigenvalue weighted by Crippen LogP contribution is -2.29. The van der Waals surface area contributed by atoms with Crippen molar-refractivity contribution in [3.8, 4) is 0 Å². The van der Waals surface area contributed by atoms with E-state index in [1.54, 1.807) is 18.2 Å². The fourth-order valence-electron chi connectivity index (χ4n) is 3.27. The van der Waals surface area contributed by atoms with E-state index in [2.05, 4.69) is 14.9 Å². The van der Waals surface area contributed by atoms with Crippen molar-refractivity contribution in [1.82, 2.24) is 19.4 Å². The maximum atomic E-state index is 12.4. The first-order valence-electron chi connectivity index (χ1n) is 9.08. The molecule has 4 rings (SSSR count). The van der Waals surface area contributed by atoms with E-state index in [0.717, 1.165) is 15.9 Å². The molecule has 28 heavy (non-hydrogen) atoms. The third-order valence-electron chi connectivity index (χ3n) is 4.75.